The van der Waals surface area contributed by atoms with Crippen molar-refractivity contribution in [3.63, 3.8) is 0 Å². The number of thiophene rings is 1. The summed E-state index contributed by atoms with van der Waals surface area (Å²) >= 11 is 1.13. The molecule has 78 valence electrons. The lowest BCUT2D eigenvalue weighted by molar-refractivity contribution is 0.0608. The third-order valence-electron chi connectivity index (χ3n) is 1.82. The molecule has 0 atom stereocenters. The number of nitrogen functional groups attached to an aromatic ring is 1. The Balaban J connectivity index is 2.74. The van der Waals surface area contributed by atoms with Crippen molar-refractivity contribution in [1.82, 2.24) is 9.97 Å². The van der Waals surface area contributed by atoms with Crippen LogP contribution in [0.25, 0.3) is 10.9 Å². The number of fused-ring (bicyclic) bond motifs is 1. The summed E-state index contributed by atoms with van der Waals surface area (Å²) in [6.07, 6.45) is 0. The van der Waals surface area contributed by atoms with Crippen molar-refractivity contribution >= 4 is 34.2 Å². The van der Waals surface area contributed by atoms with Crippen LogP contribution in [0, 0.1) is 0 Å². The fourth-order valence-electron chi connectivity index (χ4n) is 1.20. The van der Waals surface area contributed by atoms with Crippen LogP contribution in [0.15, 0.2) is 5.38 Å². The van der Waals surface area contributed by atoms with Gasteiger partial charge in [0.1, 0.15) is 4.88 Å². The van der Waals surface area contributed by atoms with Crippen molar-refractivity contribution in [2.24, 2.45) is 0 Å². The zero-order valence-corrected chi connectivity index (χ0v) is 8.54. The summed E-state index contributed by atoms with van der Waals surface area (Å²) in [6, 6.07) is 0. The molecule has 0 aliphatic heterocycles. The van der Waals surface area contributed by atoms with Crippen LogP contribution >= 0.6 is 11.3 Å². The van der Waals surface area contributed by atoms with E-state index in [1.54, 1.807) is 5.38 Å². The lowest BCUT2D eigenvalue weighted by Gasteiger charge is -1.99. The van der Waals surface area contributed by atoms with Crippen LogP contribution in [0.2, 0.25) is 0 Å². The number of carbonyl (C=O) groups is 1. The summed E-state index contributed by atoms with van der Waals surface area (Å²) in [5, 5.41) is 11.4. The first-order valence-electron chi connectivity index (χ1n) is 3.95. The summed E-state index contributed by atoms with van der Waals surface area (Å²) in [5.41, 5.74) is 5.78. The number of hydrogen-bond acceptors (Lipinski definition) is 7. The molecule has 0 aromatic carbocycles. The molecule has 0 saturated heterocycles. The molecule has 0 aliphatic rings. The van der Waals surface area contributed by atoms with E-state index in [1.165, 1.54) is 7.11 Å². The second-order valence-electron chi connectivity index (χ2n) is 2.72. The van der Waals surface area contributed by atoms with E-state index in [0.29, 0.717) is 5.52 Å². The molecule has 0 bridgehead atoms. The van der Waals surface area contributed by atoms with Gasteiger partial charge in [-0.25, -0.2) is 9.78 Å². The number of anilines is 1. The maximum absolute atomic E-state index is 11.3. The highest BCUT2D eigenvalue weighted by Gasteiger charge is 2.18. The Bertz CT molecular complexity index is 537. The molecule has 0 spiro atoms. The standard InChI is InChI=1S/C8H7N3O3S/c1-14-7(13)5-4-3(2-15-5)10-8(9)11-6(4)12/h2H,1H3,(H3,9,10,11,12). The van der Waals surface area contributed by atoms with Crippen LogP contribution < -0.4 is 5.73 Å². The number of aromatic hydroxyl groups is 1. The summed E-state index contributed by atoms with van der Waals surface area (Å²) in [6.45, 7) is 0. The van der Waals surface area contributed by atoms with Crippen molar-refractivity contribution in [3.8, 4) is 5.88 Å². The van der Waals surface area contributed by atoms with Crippen molar-refractivity contribution in [3.05, 3.63) is 10.3 Å². The van der Waals surface area contributed by atoms with E-state index in [9.17, 15) is 9.90 Å². The Morgan fingerprint density at radius 2 is 2.33 bits per heavy atom. The first-order chi connectivity index (χ1) is 7.13. The minimum atomic E-state index is -0.529. The maximum atomic E-state index is 11.3. The van der Waals surface area contributed by atoms with Crippen LogP contribution in [0.3, 0.4) is 0 Å². The molecule has 2 rings (SSSR count). The molecule has 0 amide bonds. The molecule has 2 heterocycles. The minimum absolute atomic E-state index is 0.0331. The van der Waals surface area contributed by atoms with Crippen LogP contribution in [0.1, 0.15) is 9.67 Å². The predicted octanol–water partition coefficient (Wildman–Crippen LogP) is 0.766. The van der Waals surface area contributed by atoms with Gasteiger partial charge in [-0.15, -0.1) is 11.3 Å². The second-order valence-corrected chi connectivity index (χ2v) is 3.60. The highest BCUT2D eigenvalue weighted by molar-refractivity contribution is 7.13. The third kappa shape index (κ3) is 1.46. The lowest BCUT2D eigenvalue weighted by atomic mass is 10.3. The van der Waals surface area contributed by atoms with Gasteiger partial charge in [-0.05, 0) is 0 Å². The fraction of sp³-hybridized carbons (Fsp3) is 0.125. The molecule has 2 aromatic heterocycles. The quantitative estimate of drug-likeness (QED) is 0.695. The molecule has 0 radical (unpaired) electrons. The monoisotopic (exact) mass is 225 g/mol. The average Bonchev–Trinajstić information content (AvgIpc) is 2.60. The first kappa shape index (κ1) is 9.66. The summed E-state index contributed by atoms with van der Waals surface area (Å²) in [4.78, 5) is 19.0. The molecular weight excluding hydrogens is 218 g/mol. The summed E-state index contributed by atoms with van der Waals surface area (Å²) < 4.78 is 4.56. The molecule has 0 aliphatic carbocycles. The second kappa shape index (κ2) is 3.35. The van der Waals surface area contributed by atoms with Crippen LogP contribution in [0.4, 0.5) is 5.95 Å². The molecule has 6 nitrogen and oxygen atoms in total. The van der Waals surface area contributed by atoms with E-state index in [4.69, 9.17) is 5.73 Å². The van der Waals surface area contributed by atoms with E-state index in [2.05, 4.69) is 14.7 Å². The number of esters is 1. The molecule has 0 saturated carbocycles. The maximum Gasteiger partial charge on any atom is 0.348 e. The zero-order valence-electron chi connectivity index (χ0n) is 7.72. The molecule has 2 aromatic rings. The van der Waals surface area contributed by atoms with Crippen LogP contribution in [-0.4, -0.2) is 28.2 Å². The Kier molecular flexibility index (Phi) is 2.16. The van der Waals surface area contributed by atoms with Gasteiger partial charge in [0.05, 0.1) is 18.0 Å². The first-order valence-corrected chi connectivity index (χ1v) is 4.83. The number of carbonyl (C=O) groups excluding carboxylic acids is 1. The third-order valence-corrected chi connectivity index (χ3v) is 2.77. The van der Waals surface area contributed by atoms with Crippen molar-refractivity contribution in [1.29, 1.82) is 0 Å². The fourth-order valence-corrected chi connectivity index (χ4v) is 2.10. The van der Waals surface area contributed by atoms with Crippen LogP contribution in [-0.2, 0) is 4.74 Å². The van der Waals surface area contributed by atoms with Crippen molar-refractivity contribution in [2.45, 2.75) is 0 Å². The molecule has 15 heavy (non-hydrogen) atoms. The van der Waals surface area contributed by atoms with E-state index < -0.39 is 5.97 Å². The van der Waals surface area contributed by atoms with Gasteiger partial charge in [0, 0.05) is 5.38 Å². The largest absolute Gasteiger partial charge is 0.493 e. The van der Waals surface area contributed by atoms with Gasteiger partial charge in [-0.2, -0.15) is 4.98 Å². The van der Waals surface area contributed by atoms with Crippen molar-refractivity contribution < 1.29 is 14.6 Å². The number of methoxy groups -OCH3 is 1. The van der Waals surface area contributed by atoms with Gasteiger partial charge in [-0.3, -0.25) is 0 Å². The van der Waals surface area contributed by atoms with E-state index in [0.717, 1.165) is 11.3 Å². The number of rotatable bonds is 1. The SMILES string of the molecule is COC(=O)c1scc2nc(N)nc(O)c12. The molecule has 0 unspecified atom stereocenters. The number of nitrogens with zero attached hydrogens (tertiary/aromatic N) is 2. The van der Waals surface area contributed by atoms with Gasteiger partial charge in [0.25, 0.3) is 0 Å². The van der Waals surface area contributed by atoms with Gasteiger partial charge >= 0.3 is 5.97 Å². The van der Waals surface area contributed by atoms with Gasteiger partial charge in [0.15, 0.2) is 0 Å². The molecular formula is C8H7N3O3S. The summed E-state index contributed by atoms with van der Waals surface area (Å²) in [5.74, 6) is -0.868. The zero-order chi connectivity index (χ0) is 11.0. The van der Waals surface area contributed by atoms with Crippen molar-refractivity contribution in [2.75, 3.05) is 12.8 Å². The lowest BCUT2D eigenvalue weighted by Crippen LogP contribution is -2.00. The predicted molar refractivity (Wildman–Crippen MR) is 54.8 cm³/mol. The highest BCUT2D eigenvalue weighted by atomic mass is 32.1. The van der Waals surface area contributed by atoms with E-state index in [-0.39, 0.29) is 22.1 Å². The van der Waals surface area contributed by atoms with Gasteiger partial charge in [0.2, 0.25) is 11.8 Å². The number of hydrogen-bond donors (Lipinski definition) is 2. The molecule has 7 heteroatoms. The Morgan fingerprint density at radius 3 is 3.00 bits per heavy atom. The molecule has 3 N–H and O–H groups in total. The smallest absolute Gasteiger partial charge is 0.348 e. The molecule has 0 fully saturated rings. The Hall–Kier alpha value is -1.89. The van der Waals surface area contributed by atoms with Crippen LogP contribution in [0.5, 0.6) is 5.88 Å². The topological polar surface area (TPSA) is 98.3 Å². The Labute approximate surface area is 88.3 Å². The van der Waals surface area contributed by atoms with E-state index >= 15 is 0 Å². The minimum Gasteiger partial charge on any atom is -0.493 e. The average molecular weight is 225 g/mol. The number of aromatic nitrogens is 2. The van der Waals surface area contributed by atoms with Gasteiger partial charge < -0.3 is 15.6 Å². The Morgan fingerprint density at radius 1 is 1.60 bits per heavy atom. The highest BCUT2D eigenvalue weighted by Crippen LogP contribution is 2.31. The summed E-state index contributed by atoms with van der Waals surface area (Å²) in [7, 11) is 1.27. The van der Waals surface area contributed by atoms with E-state index in [1.807, 2.05) is 0 Å². The number of ether oxygens (including phenoxy) is 1. The van der Waals surface area contributed by atoms with Gasteiger partial charge in [-0.1, -0.05) is 0 Å². The normalized spacial score (nSPS) is 10.5. The number of nitrogens with two attached hydrogens (primary N) is 1.